The molecule has 0 saturated carbocycles. The average Bonchev–Trinajstić information content (AvgIpc) is 3.05. The molecule has 0 unspecified atom stereocenters. The van der Waals surface area contributed by atoms with Crippen LogP contribution in [-0.2, 0) is 11.2 Å². The number of oxazole rings is 1. The van der Waals surface area contributed by atoms with Gasteiger partial charge in [-0.05, 0) is 0 Å². The molecule has 0 saturated heterocycles. The van der Waals surface area contributed by atoms with Crippen molar-refractivity contribution in [2.45, 2.75) is 26.7 Å². The van der Waals surface area contributed by atoms with Crippen LogP contribution in [0.1, 0.15) is 26.2 Å². The second kappa shape index (κ2) is 7.26. The topological polar surface area (TPSA) is 43.1 Å². The van der Waals surface area contributed by atoms with Gasteiger partial charge in [-0.1, -0.05) is 74.5 Å². The standard InChI is InChI=1S/C21H21NO2/c1-15(2)18(23)13-14-19-22-20(16-9-5-3-6-10-16)21(24-19)17-11-7-4-8-12-17/h3-12,15H,13-14H2,1-2H3. The molecule has 1 aromatic heterocycles. The van der Waals surface area contributed by atoms with Crippen molar-refractivity contribution in [3.05, 3.63) is 66.6 Å². The molecule has 2 aromatic carbocycles. The Morgan fingerprint density at radius 2 is 1.54 bits per heavy atom. The molecule has 3 heteroatoms. The molecule has 0 radical (unpaired) electrons. The molecule has 0 aliphatic heterocycles. The first-order chi connectivity index (χ1) is 11.6. The predicted molar refractivity (Wildman–Crippen MR) is 95.5 cm³/mol. The predicted octanol–water partition coefficient (Wildman–Crippen LogP) is 5.17. The zero-order chi connectivity index (χ0) is 16.9. The monoisotopic (exact) mass is 319 g/mol. The van der Waals surface area contributed by atoms with E-state index in [-0.39, 0.29) is 11.7 Å². The molecule has 0 fully saturated rings. The highest BCUT2D eigenvalue weighted by Crippen LogP contribution is 2.32. The summed E-state index contributed by atoms with van der Waals surface area (Å²) in [7, 11) is 0. The maximum Gasteiger partial charge on any atom is 0.195 e. The van der Waals surface area contributed by atoms with Gasteiger partial charge in [0.1, 0.15) is 11.5 Å². The molecule has 0 N–H and O–H groups in total. The van der Waals surface area contributed by atoms with Gasteiger partial charge in [-0.15, -0.1) is 0 Å². The van der Waals surface area contributed by atoms with E-state index in [9.17, 15) is 4.79 Å². The molecule has 0 amide bonds. The molecule has 3 aromatic rings. The molecular formula is C21H21NO2. The van der Waals surface area contributed by atoms with E-state index in [1.165, 1.54) is 0 Å². The van der Waals surface area contributed by atoms with Crippen LogP contribution in [0.2, 0.25) is 0 Å². The van der Waals surface area contributed by atoms with Crippen LogP contribution >= 0.6 is 0 Å². The molecule has 0 bridgehead atoms. The number of carbonyl (C=O) groups excluding carboxylic acids is 1. The third-order valence-electron chi connectivity index (χ3n) is 3.98. The summed E-state index contributed by atoms with van der Waals surface area (Å²) in [5, 5.41) is 0. The van der Waals surface area contributed by atoms with Crippen LogP contribution in [0.15, 0.2) is 65.1 Å². The lowest BCUT2D eigenvalue weighted by Gasteiger charge is -2.01. The van der Waals surface area contributed by atoms with Crippen molar-refractivity contribution in [1.82, 2.24) is 4.98 Å². The summed E-state index contributed by atoms with van der Waals surface area (Å²) in [4.78, 5) is 16.5. The van der Waals surface area contributed by atoms with Gasteiger partial charge in [0.2, 0.25) is 0 Å². The maximum atomic E-state index is 11.9. The Bertz CT molecular complexity index is 747. The van der Waals surface area contributed by atoms with E-state index in [2.05, 4.69) is 4.98 Å². The number of nitrogens with zero attached hydrogens (tertiary/aromatic N) is 1. The maximum absolute atomic E-state index is 11.9. The Morgan fingerprint density at radius 3 is 2.12 bits per heavy atom. The fourth-order valence-electron chi connectivity index (χ4n) is 2.57. The van der Waals surface area contributed by atoms with Crippen molar-refractivity contribution in [1.29, 1.82) is 0 Å². The average molecular weight is 319 g/mol. The normalized spacial score (nSPS) is 11.0. The third kappa shape index (κ3) is 3.62. The van der Waals surface area contributed by atoms with Gasteiger partial charge in [-0.3, -0.25) is 4.79 Å². The molecular weight excluding hydrogens is 298 g/mol. The minimum absolute atomic E-state index is 0.0437. The van der Waals surface area contributed by atoms with Gasteiger partial charge in [0.05, 0.1) is 0 Å². The van der Waals surface area contributed by atoms with Crippen LogP contribution in [0, 0.1) is 5.92 Å². The Labute approximate surface area is 142 Å². The second-order valence-electron chi connectivity index (χ2n) is 6.14. The molecule has 0 spiro atoms. The first-order valence-electron chi connectivity index (χ1n) is 8.28. The van der Waals surface area contributed by atoms with E-state index in [0.717, 1.165) is 22.6 Å². The van der Waals surface area contributed by atoms with Gasteiger partial charge in [0, 0.05) is 29.9 Å². The van der Waals surface area contributed by atoms with E-state index in [1.54, 1.807) is 0 Å². The summed E-state index contributed by atoms with van der Waals surface area (Å²) in [5.74, 6) is 1.65. The Morgan fingerprint density at radius 1 is 0.958 bits per heavy atom. The van der Waals surface area contributed by atoms with E-state index in [1.807, 2.05) is 74.5 Å². The summed E-state index contributed by atoms with van der Waals surface area (Å²) in [6.45, 7) is 3.84. The van der Waals surface area contributed by atoms with Crippen molar-refractivity contribution in [2.24, 2.45) is 5.92 Å². The highest BCUT2D eigenvalue weighted by Gasteiger charge is 2.17. The van der Waals surface area contributed by atoms with Crippen molar-refractivity contribution in [3.63, 3.8) is 0 Å². The van der Waals surface area contributed by atoms with E-state index < -0.39 is 0 Å². The lowest BCUT2D eigenvalue weighted by Crippen LogP contribution is -2.07. The van der Waals surface area contributed by atoms with Crippen LogP contribution in [0.5, 0.6) is 0 Å². The lowest BCUT2D eigenvalue weighted by atomic mass is 10.0. The first kappa shape index (κ1) is 16.2. The summed E-state index contributed by atoms with van der Waals surface area (Å²) in [6, 6.07) is 20.0. The number of carbonyl (C=O) groups is 1. The minimum atomic E-state index is 0.0437. The molecule has 1 heterocycles. The van der Waals surface area contributed by atoms with Gasteiger partial charge in [0.25, 0.3) is 0 Å². The zero-order valence-corrected chi connectivity index (χ0v) is 14.0. The van der Waals surface area contributed by atoms with Crippen molar-refractivity contribution >= 4 is 5.78 Å². The molecule has 0 aliphatic rings. The summed E-state index contributed by atoms with van der Waals surface area (Å²) < 4.78 is 6.02. The molecule has 24 heavy (non-hydrogen) atoms. The van der Waals surface area contributed by atoms with Crippen LogP contribution in [0.25, 0.3) is 22.6 Å². The summed E-state index contributed by atoms with van der Waals surface area (Å²) in [5.41, 5.74) is 2.83. The van der Waals surface area contributed by atoms with Gasteiger partial charge >= 0.3 is 0 Å². The van der Waals surface area contributed by atoms with E-state index in [4.69, 9.17) is 4.42 Å². The number of aromatic nitrogens is 1. The number of Topliss-reactive ketones (excluding diaryl/α,β-unsaturated/α-hetero) is 1. The number of ketones is 1. The van der Waals surface area contributed by atoms with Crippen LogP contribution in [0.4, 0.5) is 0 Å². The molecule has 0 aliphatic carbocycles. The fraction of sp³-hybridized carbons (Fsp3) is 0.238. The number of hydrogen-bond acceptors (Lipinski definition) is 3. The lowest BCUT2D eigenvalue weighted by molar-refractivity contribution is -0.121. The number of hydrogen-bond donors (Lipinski definition) is 0. The first-order valence-corrected chi connectivity index (χ1v) is 8.28. The second-order valence-corrected chi connectivity index (χ2v) is 6.14. The third-order valence-corrected chi connectivity index (χ3v) is 3.98. The Balaban J connectivity index is 1.96. The van der Waals surface area contributed by atoms with Crippen LogP contribution in [-0.4, -0.2) is 10.8 Å². The molecule has 122 valence electrons. The summed E-state index contributed by atoms with van der Waals surface area (Å²) >= 11 is 0. The van der Waals surface area contributed by atoms with Crippen molar-refractivity contribution in [2.75, 3.05) is 0 Å². The highest BCUT2D eigenvalue weighted by molar-refractivity contribution is 5.80. The molecule has 0 atom stereocenters. The van der Waals surface area contributed by atoms with Crippen LogP contribution < -0.4 is 0 Å². The minimum Gasteiger partial charge on any atom is -0.440 e. The SMILES string of the molecule is CC(C)C(=O)CCc1nc(-c2ccccc2)c(-c2ccccc2)o1. The molecule has 3 rings (SSSR count). The van der Waals surface area contributed by atoms with Gasteiger partial charge < -0.3 is 4.42 Å². The fourth-order valence-corrected chi connectivity index (χ4v) is 2.57. The quantitative estimate of drug-likeness (QED) is 0.630. The zero-order valence-electron chi connectivity index (χ0n) is 14.0. The van der Waals surface area contributed by atoms with Crippen LogP contribution in [0.3, 0.4) is 0 Å². The number of rotatable bonds is 6. The van der Waals surface area contributed by atoms with Crippen molar-refractivity contribution < 1.29 is 9.21 Å². The largest absolute Gasteiger partial charge is 0.440 e. The van der Waals surface area contributed by atoms with Gasteiger partial charge in [0.15, 0.2) is 11.7 Å². The smallest absolute Gasteiger partial charge is 0.195 e. The van der Waals surface area contributed by atoms with Gasteiger partial charge in [-0.25, -0.2) is 4.98 Å². The Hall–Kier alpha value is -2.68. The Kier molecular flexibility index (Phi) is 4.90. The highest BCUT2D eigenvalue weighted by atomic mass is 16.4. The van der Waals surface area contributed by atoms with E-state index >= 15 is 0 Å². The number of aryl methyl sites for hydroxylation is 1. The van der Waals surface area contributed by atoms with Crippen molar-refractivity contribution in [3.8, 4) is 22.6 Å². The van der Waals surface area contributed by atoms with E-state index in [0.29, 0.717) is 18.7 Å². The molecule has 3 nitrogen and oxygen atoms in total. The van der Waals surface area contributed by atoms with Gasteiger partial charge in [-0.2, -0.15) is 0 Å². The number of benzene rings is 2. The summed E-state index contributed by atoms with van der Waals surface area (Å²) in [6.07, 6.45) is 0.990.